The lowest BCUT2D eigenvalue weighted by Crippen LogP contribution is -2.28. The van der Waals surface area contributed by atoms with Crippen LogP contribution in [0.3, 0.4) is 0 Å². The Balaban J connectivity index is 1.93. The summed E-state index contributed by atoms with van der Waals surface area (Å²) in [5.74, 6) is 0.250. The molecule has 8 heteroatoms. The SMILES string of the molecule is CCNC(=O)Nc1onc(-c2cccc(C)c2)c1-c1ccc2c(c1)n(C)c(=O)n2C(C)C. The quantitative estimate of drug-likeness (QED) is 0.477. The first-order chi connectivity index (χ1) is 15.3. The van der Waals surface area contributed by atoms with Gasteiger partial charge in [-0.15, -0.1) is 0 Å². The van der Waals surface area contributed by atoms with Gasteiger partial charge in [0.2, 0.25) is 5.88 Å². The van der Waals surface area contributed by atoms with Crippen molar-refractivity contribution in [2.45, 2.75) is 33.7 Å². The van der Waals surface area contributed by atoms with Crippen LogP contribution >= 0.6 is 0 Å². The summed E-state index contributed by atoms with van der Waals surface area (Å²) in [5, 5.41) is 9.74. The molecule has 8 nitrogen and oxygen atoms in total. The van der Waals surface area contributed by atoms with Gasteiger partial charge < -0.3 is 9.84 Å². The van der Waals surface area contributed by atoms with Crippen LogP contribution in [0.25, 0.3) is 33.4 Å². The number of hydrogen-bond donors (Lipinski definition) is 2. The molecular formula is C24H27N5O3. The topological polar surface area (TPSA) is 94.1 Å². The third kappa shape index (κ3) is 3.68. The second-order valence-electron chi connectivity index (χ2n) is 8.10. The van der Waals surface area contributed by atoms with E-state index >= 15 is 0 Å². The molecule has 0 fully saturated rings. The maximum absolute atomic E-state index is 12.8. The number of aryl methyl sites for hydroxylation is 2. The van der Waals surface area contributed by atoms with E-state index in [1.807, 2.05) is 70.2 Å². The van der Waals surface area contributed by atoms with Gasteiger partial charge in [0, 0.05) is 25.2 Å². The van der Waals surface area contributed by atoms with Crippen molar-refractivity contribution >= 4 is 22.9 Å². The van der Waals surface area contributed by atoms with Gasteiger partial charge in [-0.25, -0.2) is 9.59 Å². The van der Waals surface area contributed by atoms with Crippen molar-refractivity contribution in [1.82, 2.24) is 19.6 Å². The second kappa shape index (κ2) is 8.37. The predicted octanol–water partition coefficient (Wildman–Crippen LogP) is 4.69. The maximum Gasteiger partial charge on any atom is 0.329 e. The summed E-state index contributed by atoms with van der Waals surface area (Å²) < 4.78 is 8.98. The Morgan fingerprint density at radius 2 is 1.91 bits per heavy atom. The number of anilines is 1. The molecule has 32 heavy (non-hydrogen) atoms. The van der Waals surface area contributed by atoms with E-state index in [0.717, 1.165) is 27.7 Å². The molecule has 0 aliphatic carbocycles. The molecule has 0 unspecified atom stereocenters. The van der Waals surface area contributed by atoms with Crippen LogP contribution in [0.4, 0.5) is 10.7 Å². The van der Waals surface area contributed by atoms with Gasteiger partial charge in [-0.05, 0) is 51.5 Å². The number of fused-ring (bicyclic) bond motifs is 1. The number of amides is 2. The lowest BCUT2D eigenvalue weighted by atomic mass is 9.99. The minimum absolute atomic E-state index is 0.0328. The van der Waals surface area contributed by atoms with E-state index in [2.05, 4.69) is 15.8 Å². The van der Waals surface area contributed by atoms with Gasteiger partial charge in [-0.3, -0.25) is 14.5 Å². The van der Waals surface area contributed by atoms with Crippen LogP contribution in [-0.2, 0) is 7.05 Å². The number of nitrogens with one attached hydrogen (secondary N) is 2. The molecule has 2 N–H and O–H groups in total. The predicted molar refractivity (Wildman–Crippen MR) is 126 cm³/mol. The van der Waals surface area contributed by atoms with Gasteiger partial charge in [0.15, 0.2) is 0 Å². The molecule has 2 heterocycles. The zero-order valence-corrected chi connectivity index (χ0v) is 18.9. The Bertz CT molecular complexity index is 1360. The molecule has 2 aromatic carbocycles. The van der Waals surface area contributed by atoms with Crippen molar-refractivity contribution in [3.05, 3.63) is 58.5 Å². The lowest BCUT2D eigenvalue weighted by Gasteiger charge is -2.09. The molecule has 0 aliphatic heterocycles. The Kier molecular flexibility index (Phi) is 5.61. The highest BCUT2D eigenvalue weighted by Crippen LogP contribution is 2.39. The molecule has 0 saturated heterocycles. The van der Waals surface area contributed by atoms with E-state index < -0.39 is 0 Å². The molecule has 4 rings (SSSR count). The smallest absolute Gasteiger partial charge is 0.329 e. The summed E-state index contributed by atoms with van der Waals surface area (Å²) >= 11 is 0. The first-order valence-corrected chi connectivity index (χ1v) is 10.6. The summed E-state index contributed by atoms with van der Waals surface area (Å²) in [6.45, 7) is 8.30. The Morgan fingerprint density at radius 1 is 1.12 bits per heavy atom. The highest BCUT2D eigenvalue weighted by atomic mass is 16.5. The van der Waals surface area contributed by atoms with E-state index in [9.17, 15) is 9.59 Å². The van der Waals surface area contributed by atoms with Gasteiger partial charge in [0.25, 0.3) is 0 Å². The molecule has 0 spiro atoms. The van der Waals surface area contributed by atoms with Crippen LogP contribution in [0, 0.1) is 6.92 Å². The minimum Gasteiger partial charge on any atom is -0.338 e. The van der Waals surface area contributed by atoms with Crippen LogP contribution in [0.1, 0.15) is 32.4 Å². The van der Waals surface area contributed by atoms with Gasteiger partial charge in [0.05, 0.1) is 16.6 Å². The molecule has 166 valence electrons. The van der Waals surface area contributed by atoms with Crippen molar-refractivity contribution in [2.24, 2.45) is 7.05 Å². The molecule has 4 aromatic rings. The summed E-state index contributed by atoms with van der Waals surface area (Å²) in [6, 6.07) is 13.4. The molecule has 0 atom stereocenters. The van der Waals surface area contributed by atoms with Crippen molar-refractivity contribution < 1.29 is 9.32 Å². The van der Waals surface area contributed by atoms with E-state index in [0.29, 0.717) is 17.8 Å². The highest BCUT2D eigenvalue weighted by molar-refractivity contribution is 5.98. The van der Waals surface area contributed by atoms with E-state index in [4.69, 9.17) is 4.52 Å². The molecular weight excluding hydrogens is 406 g/mol. The molecule has 2 amide bonds. The highest BCUT2D eigenvalue weighted by Gasteiger charge is 2.23. The van der Waals surface area contributed by atoms with Crippen molar-refractivity contribution in [3.8, 4) is 22.4 Å². The largest absolute Gasteiger partial charge is 0.338 e. The number of carbonyl (C=O) groups excluding carboxylic acids is 1. The molecule has 2 aromatic heterocycles. The first-order valence-electron chi connectivity index (χ1n) is 10.6. The number of benzene rings is 2. The van der Waals surface area contributed by atoms with Crippen molar-refractivity contribution in [1.29, 1.82) is 0 Å². The third-order valence-corrected chi connectivity index (χ3v) is 5.44. The second-order valence-corrected chi connectivity index (χ2v) is 8.10. The molecule has 0 saturated carbocycles. The number of imidazole rings is 1. The number of rotatable bonds is 5. The normalized spacial score (nSPS) is 11.3. The monoisotopic (exact) mass is 433 g/mol. The van der Waals surface area contributed by atoms with E-state index in [1.54, 1.807) is 16.2 Å². The fourth-order valence-electron chi connectivity index (χ4n) is 3.96. The number of aromatic nitrogens is 3. The van der Waals surface area contributed by atoms with Gasteiger partial charge in [-0.2, -0.15) is 0 Å². The fraction of sp³-hybridized carbons (Fsp3) is 0.292. The average Bonchev–Trinajstić information content (AvgIpc) is 3.27. The van der Waals surface area contributed by atoms with Gasteiger partial charge in [-0.1, -0.05) is 35.0 Å². The summed E-state index contributed by atoms with van der Waals surface area (Å²) in [4.78, 5) is 25.0. The minimum atomic E-state index is -0.375. The zero-order valence-electron chi connectivity index (χ0n) is 18.9. The third-order valence-electron chi connectivity index (χ3n) is 5.44. The number of carbonyl (C=O) groups is 1. The maximum atomic E-state index is 12.8. The van der Waals surface area contributed by atoms with Crippen LogP contribution < -0.4 is 16.3 Å². The zero-order chi connectivity index (χ0) is 23.0. The first kappa shape index (κ1) is 21.4. The standard InChI is InChI=1S/C24H27N5O3/c1-6-25-23(30)26-22-20(21(27-32-22)17-9-7-8-15(4)12-17)16-10-11-18-19(13-16)28(5)24(31)29(18)14(2)3/h7-14H,6H2,1-5H3,(H2,25,26,30). The van der Waals surface area contributed by atoms with E-state index in [1.165, 1.54) is 0 Å². The summed E-state index contributed by atoms with van der Waals surface area (Å²) in [7, 11) is 1.76. The fourth-order valence-corrected chi connectivity index (χ4v) is 3.96. The molecule has 0 bridgehead atoms. The van der Waals surface area contributed by atoms with Crippen LogP contribution in [-0.4, -0.2) is 26.9 Å². The summed E-state index contributed by atoms with van der Waals surface area (Å²) in [5.41, 5.74) is 5.60. The Hall–Kier alpha value is -3.81. The van der Waals surface area contributed by atoms with Crippen molar-refractivity contribution in [3.63, 3.8) is 0 Å². The van der Waals surface area contributed by atoms with Crippen molar-refractivity contribution in [2.75, 3.05) is 11.9 Å². The van der Waals surface area contributed by atoms with Crippen LogP contribution in [0.15, 0.2) is 51.8 Å². The molecule has 0 radical (unpaired) electrons. The van der Waals surface area contributed by atoms with Gasteiger partial charge in [0.1, 0.15) is 5.69 Å². The molecule has 0 aliphatic rings. The number of urea groups is 1. The number of hydrogen-bond acceptors (Lipinski definition) is 4. The summed E-state index contributed by atoms with van der Waals surface area (Å²) in [6.07, 6.45) is 0. The Morgan fingerprint density at radius 3 is 2.59 bits per heavy atom. The van der Waals surface area contributed by atoms with Crippen LogP contribution in [0.2, 0.25) is 0 Å². The number of nitrogens with zero attached hydrogens (tertiary/aromatic N) is 3. The average molecular weight is 434 g/mol. The lowest BCUT2D eigenvalue weighted by molar-refractivity contribution is 0.251. The van der Waals surface area contributed by atoms with Crippen LogP contribution in [0.5, 0.6) is 0 Å². The van der Waals surface area contributed by atoms with E-state index in [-0.39, 0.29) is 23.6 Å². The Labute approximate surface area is 185 Å². The van der Waals surface area contributed by atoms with Gasteiger partial charge >= 0.3 is 11.7 Å².